The minimum Gasteiger partial charge on any atom is -0.497 e. The van der Waals surface area contributed by atoms with Crippen LogP contribution in [0.4, 0.5) is 0 Å². The van der Waals surface area contributed by atoms with Gasteiger partial charge in [0.15, 0.2) is 0 Å². The molecule has 8 nitrogen and oxygen atoms in total. The number of carbonyl (C=O) groups is 1. The van der Waals surface area contributed by atoms with Crippen LogP contribution in [0.15, 0.2) is 48.8 Å². The van der Waals surface area contributed by atoms with Crippen molar-refractivity contribution in [2.45, 2.75) is 38.2 Å². The van der Waals surface area contributed by atoms with Gasteiger partial charge in [-0.3, -0.25) is 14.7 Å². The number of benzene rings is 1. The summed E-state index contributed by atoms with van der Waals surface area (Å²) in [5.74, 6) is 6.77. The van der Waals surface area contributed by atoms with Crippen LogP contribution in [0.2, 0.25) is 0 Å². The number of aliphatic hydroxyl groups excluding tert-OH is 1. The van der Waals surface area contributed by atoms with Crippen LogP contribution in [0.5, 0.6) is 5.75 Å². The molecule has 0 aliphatic carbocycles. The van der Waals surface area contributed by atoms with Crippen molar-refractivity contribution in [2.24, 2.45) is 11.8 Å². The lowest BCUT2D eigenvalue weighted by Gasteiger charge is -2.38. The van der Waals surface area contributed by atoms with Gasteiger partial charge in [0.05, 0.1) is 25.3 Å². The van der Waals surface area contributed by atoms with Gasteiger partial charge in [-0.1, -0.05) is 5.92 Å². The van der Waals surface area contributed by atoms with Crippen molar-refractivity contribution < 1.29 is 19.7 Å². The van der Waals surface area contributed by atoms with E-state index in [0.29, 0.717) is 31.0 Å². The summed E-state index contributed by atoms with van der Waals surface area (Å²) in [6.45, 7) is 2.31. The first-order chi connectivity index (χ1) is 17.5. The summed E-state index contributed by atoms with van der Waals surface area (Å²) in [6.07, 6.45) is 5.89. The van der Waals surface area contributed by atoms with E-state index in [1.165, 1.54) is 0 Å². The number of aliphatic carboxylic acids is 1. The molecule has 0 bridgehead atoms. The van der Waals surface area contributed by atoms with Crippen molar-refractivity contribution in [3.8, 4) is 17.6 Å². The highest BCUT2D eigenvalue weighted by Crippen LogP contribution is 2.35. The molecule has 1 saturated heterocycles. The number of likely N-dealkylation sites (tertiary alicyclic amines) is 1. The summed E-state index contributed by atoms with van der Waals surface area (Å²) < 4.78 is 5.36. The summed E-state index contributed by atoms with van der Waals surface area (Å²) in [7, 11) is 1.62. The maximum absolute atomic E-state index is 11.3. The average molecular weight is 489 g/mol. The fourth-order valence-corrected chi connectivity index (χ4v) is 5.02. The van der Waals surface area contributed by atoms with Gasteiger partial charge < -0.3 is 14.9 Å². The molecule has 2 N–H and O–H groups in total. The summed E-state index contributed by atoms with van der Waals surface area (Å²) in [5, 5.41) is 29.1. The normalized spacial score (nSPS) is 18.8. The molecule has 1 fully saturated rings. The molecule has 0 saturated carbocycles. The van der Waals surface area contributed by atoms with E-state index in [9.17, 15) is 15.0 Å². The first-order valence-corrected chi connectivity index (χ1v) is 12.3. The molecule has 0 radical (unpaired) electrons. The van der Waals surface area contributed by atoms with E-state index < -0.39 is 12.1 Å². The highest BCUT2D eigenvalue weighted by molar-refractivity contribution is 5.83. The lowest BCUT2D eigenvalue weighted by molar-refractivity contribution is -0.137. The summed E-state index contributed by atoms with van der Waals surface area (Å²) >= 11 is 0. The zero-order valence-electron chi connectivity index (χ0n) is 20.5. The minimum atomic E-state index is -0.773. The molecule has 0 spiro atoms. The lowest BCUT2D eigenvalue weighted by atomic mass is 9.79. The third kappa shape index (κ3) is 6.78. The van der Waals surface area contributed by atoms with Crippen molar-refractivity contribution in [3.63, 3.8) is 0 Å². The fourth-order valence-electron chi connectivity index (χ4n) is 5.02. The number of aliphatic hydroxyl groups is 1. The molecular weight excluding hydrogens is 456 g/mol. The number of hydrogen-bond donors (Lipinski definition) is 2. The number of rotatable bonds is 9. The average Bonchev–Trinajstić information content (AvgIpc) is 2.91. The SMILES string of the molecule is COc1ccc2nccc([C@H](O)CC[C@@H]3CCN(CC#Cc4cccnn4)C[C@H]3CCC(=O)O)c2c1. The number of ether oxygens (including phenoxy) is 1. The molecule has 3 atom stereocenters. The predicted octanol–water partition coefficient (Wildman–Crippen LogP) is 3.70. The van der Waals surface area contributed by atoms with E-state index in [1.54, 1.807) is 19.5 Å². The van der Waals surface area contributed by atoms with E-state index in [1.807, 2.05) is 36.4 Å². The molecule has 0 amide bonds. The van der Waals surface area contributed by atoms with Gasteiger partial charge >= 0.3 is 5.97 Å². The number of pyridine rings is 1. The van der Waals surface area contributed by atoms with Gasteiger partial charge in [0.1, 0.15) is 11.4 Å². The Morgan fingerprint density at radius 3 is 2.89 bits per heavy atom. The number of fused-ring (bicyclic) bond motifs is 1. The van der Waals surface area contributed by atoms with Crippen LogP contribution < -0.4 is 4.74 Å². The van der Waals surface area contributed by atoms with Crippen LogP contribution in [-0.2, 0) is 4.79 Å². The van der Waals surface area contributed by atoms with E-state index >= 15 is 0 Å². The monoisotopic (exact) mass is 488 g/mol. The molecule has 1 aliphatic heterocycles. The van der Waals surface area contributed by atoms with Gasteiger partial charge in [-0.05, 0) is 91.9 Å². The van der Waals surface area contributed by atoms with Crippen molar-refractivity contribution >= 4 is 16.9 Å². The van der Waals surface area contributed by atoms with Crippen LogP contribution in [0.3, 0.4) is 0 Å². The third-order valence-corrected chi connectivity index (χ3v) is 6.95. The van der Waals surface area contributed by atoms with Crippen molar-refractivity contribution in [3.05, 3.63) is 60.0 Å². The van der Waals surface area contributed by atoms with Gasteiger partial charge in [0.25, 0.3) is 0 Å². The Morgan fingerprint density at radius 1 is 1.22 bits per heavy atom. The van der Waals surface area contributed by atoms with Crippen molar-refractivity contribution in [2.75, 3.05) is 26.7 Å². The van der Waals surface area contributed by atoms with E-state index in [4.69, 9.17) is 4.74 Å². The highest BCUT2D eigenvalue weighted by atomic mass is 16.5. The summed E-state index contributed by atoms with van der Waals surface area (Å²) in [4.78, 5) is 18.0. The quantitative estimate of drug-likeness (QED) is 0.439. The Kier molecular flexibility index (Phi) is 8.82. The van der Waals surface area contributed by atoms with Gasteiger partial charge in [0.2, 0.25) is 0 Å². The number of aromatic nitrogens is 3. The fraction of sp³-hybridized carbons (Fsp3) is 0.429. The second-order valence-electron chi connectivity index (χ2n) is 9.26. The molecule has 36 heavy (non-hydrogen) atoms. The van der Waals surface area contributed by atoms with Crippen LogP contribution >= 0.6 is 0 Å². The van der Waals surface area contributed by atoms with Crippen LogP contribution in [-0.4, -0.2) is 63.0 Å². The van der Waals surface area contributed by atoms with Gasteiger partial charge in [-0.15, -0.1) is 5.10 Å². The molecule has 0 unspecified atom stereocenters. The summed E-state index contributed by atoms with van der Waals surface area (Å²) in [6, 6.07) is 11.2. The van der Waals surface area contributed by atoms with Crippen molar-refractivity contribution in [1.82, 2.24) is 20.1 Å². The molecule has 2 aromatic heterocycles. The zero-order valence-corrected chi connectivity index (χ0v) is 20.5. The predicted molar refractivity (Wildman–Crippen MR) is 136 cm³/mol. The minimum absolute atomic E-state index is 0.150. The first kappa shape index (κ1) is 25.5. The van der Waals surface area contributed by atoms with Crippen molar-refractivity contribution in [1.29, 1.82) is 0 Å². The van der Waals surface area contributed by atoms with Gasteiger partial charge in [0, 0.05) is 30.7 Å². The number of nitrogens with zero attached hydrogens (tertiary/aromatic N) is 4. The highest BCUT2D eigenvalue weighted by Gasteiger charge is 2.29. The van der Waals surface area contributed by atoms with E-state index in [0.717, 1.165) is 48.1 Å². The van der Waals surface area contributed by atoms with Gasteiger partial charge in [-0.2, -0.15) is 5.10 Å². The van der Waals surface area contributed by atoms with E-state index in [2.05, 4.69) is 31.9 Å². The number of hydrogen-bond acceptors (Lipinski definition) is 7. The smallest absolute Gasteiger partial charge is 0.303 e. The Labute approximate surface area is 211 Å². The maximum Gasteiger partial charge on any atom is 0.303 e. The second kappa shape index (κ2) is 12.4. The maximum atomic E-state index is 11.3. The molecule has 3 heterocycles. The third-order valence-electron chi connectivity index (χ3n) is 6.95. The molecule has 1 aromatic carbocycles. The molecule has 1 aliphatic rings. The Morgan fingerprint density at radius 2 is 2.11 bits per heavy atom. The zero-order chi connectivity index (χ0) is 25.3. The Balaban J connectivity index is 1.39. The second-order valence-corrected chi connectivity index (χ2v) is 9.26. The summed E-state index contributed by atoms with van der Waals surface area (Å²) in [5.41, 5.74) is 2.31. The molecule has 3 aromatic rings. The van der Waals surface area contributed by atoms with Crippen LogP contribution in [0.25, 0.3) is 10.9 Å². The molecule has 4 rings (SSSR count). The largest absolute Gasteiger partial charge is 0.497 e. The number of methoxy groups -OCH3 is 1. The number of carboxylic acid groups (broad SMARTS) is 1. The lowest BCUT2D eigenvalue weighted by Crippen LogP contribution is -2.41. The molecule has 8 heteroatoms. The standard InChI is InChI=1S/C28H32N4O4/c1-36-23-8-9-26-25(18-23)24(12-15-29-26)27(33)10-6-20-13-17-32(19-21(20)7-11-28(34)35)16-3-5-22-4-2-14-30-31-22/h2,4,8-9,12,14-15,18,20-21,27,33H,6-7,10-11,13,16-17,19H2,1H3,(H,34,35)/t20-,21-,27-/m1/s1. The molecular formula is C28H32N4O4. The first-order valence-electron chi connectivity index (χ1n) is 12.3. The van der Waals surface area contributed by atoms with Gasteiger partial charge in [-0.25, -0.2) is 0 Å². The number of piperidine rings is 1. The van der Waals surface area contributed by atoms with E-state index in [-0.39, 0.29) is 12.3 Å². The Bertz CT molecular complexity index is 1220. The topological polar surface area (TPSA) is 109 Å². The molecule has 188 valence electrons. The van der Waals surface area contributed by atoms with Crippen LogP contribution in [0, 0.1) is 23.7 Å². The number of carboxylic acids is 1. The Hall–Kier alpha value is -3.54. The van der Waals surface area contributed by atoms with Crippen LogP contribution in [0.1, 0.15) is 49.5 Å².